The van der Waals surface area contributed by atoms with Gasteiger partial charge in [0.2, 0.25) is 0 Å². The second-order valence-corrected chi connectivity index (χ2v) is 6.53. The minimum Gasteiger partial charge on any atom is -0.364 e. The Kier molecular flexibility index (Phi) is 5.62. The highest BCUT2D eigenvalue weighted by atomic mass is 16.6. The monoisotopic (exact) mass is 276 g/mol. The van der Waals surface area contributed by atoms with Gasteiger partial charge in [-0.05, 0) is 30.6 Å². The van der Waals surface area contributed by atoms with Crippen LogP contribution in [-0.2, 0) is 4.74 Å². The molecule has 1 saturated carbocycles. The van der Waals surface area contributed by atoms with Crippen LogP contribution in [0.2, 0.25) is 0 Å². The van der Waals surface area contributed by atoms with Gasteiger partial charge in [-0.1, -0.05) is 63.4 Å². The minimum absolute atomic E-state index is 0.280. The van der Waals surface area contributed by atoms with Crippen LogP contribution in [0.4, 0.5) is 0 Å². The third-order valence-electron chi connectivity index (χ3n) is 4.60. The molecule has 0 heterocycles. The van der Waals surface area contributed by atoms with Crippen LogP contribution in [0.25, 0.3) is 0 Å². The van der Waals surface area contributed by atoms with Crippen LogP contribution in [0.1, 0.15) is 64.2 Å². The zero-order chi connectivity index (χ0) is 14.4. The zero-order valence-corrected chi connectivity index (χ0v) is 12.8. The molecule has 0 amide bonds. The van der Waals surface area contributed by atoms with Crippen molar-refractivity contribution in [3.63, 3.8) is 0 Å². The first-order valence-electron chi connectivity index (χ1n) is 8.00. The molecule has 1 aromatic rings. The van der Waals surface area contributed by atoms with Crippen molar-refractivity contribution in [2.24, 2.45) is 11.3 Å². The highest BCUT2D eigenvalue weighted by molar-refractivity contribution is 5.15. The first-order chi connectivity index (χ1) is 9.65. The normalized spacial score (nSPS) is 28.2. The summed E-state index contributed by atoms with van der Waals surface area (Å²) in [6, 6.07) is 9.66. The molecule has 2 heteroatoms. The summed E-state index contributed by atoms with van der Waals surface area (Å²) in [4.78, 5) is 0. The summed E-state index contributed by atoms with van der Waals surface area (Å²) in [6.45, 7) is 5.27. The maximum atomic E-state index is 10.2. The Labute approximate surface area is 123 Å². The molecule has 1 aromatic carbocycles. The lowest BCUT2D eigenvalue weighted by atomic mass is 9.68. The molecule has 3 atom stereocenters. The predicted molar refractivity (Wildman–Crippen MR) is 82.3 cm³/mol. The van der Waals surface area contributed by atoms with E-state index in [2.05, 4.69) is 13.8 Å². The van der Waals surface area contributed by atoms with Crippen LogP contribution in [0, 0.1) is 11.3 Å². The highest BCUT2D eigenvalue weighted by Gasteiger charge is 2.35. The quantitative estimate of drug-likeness (QED) is 0.764. The van der Waals surface area contributed by atoms with E-state index in [1.807, 2.05) is 30.3 Å². The molecule has 112 valence electrons. The van der Waals surface area contributed by atoms with Crippen molar-refractivity contribution in [2.45, 2.75) is 58.7 Å². The van der Waals surface area contributed by atoms with E-state index < -0.39 is 6.29 Å². The molecule has 1 aliphatic rings. The van der Waals surface area contributed by atoms with Gasteiger partial charge in [-0.25, -0.2) is 0 Å². The van der Waals surface area contributed by atoms with Crippen molar-refractivity contribution in [1.29, 1.82) is 0 Å². The minimum atomic E-state index is -0.790. The van der Waals surface area contributed by atoms with Gasteiger partial charge in [0.05, 0.1) is 6.61 Å². The smallest absolute Gasteiger partial charge is 0.181 e. The Bertz CT molecular complexity index is 386. The molecular formula is C18H28O2. The summed E-state index contributed by atoms with van der Waals surface area (Å²) >= 11 is 0. The van der Waals surface area contributed by atoms with Gasteiger partial charge < -0.3 is 9.84 Å². The summed E-state index contributed by atoms with van der Waals surface area (Å²) < 4.78 is 5.83. The van der Waals surface area contributed by atoms with E-state index >= 15 is 0 Å². The maximum absolute atomic E-state index is 10.2. The average Bonchev–Trinajstić information content (AvgIpc) is 2.46. The van der Waals surface area contributed by atoms with Gasteiger partial charge in [0.1, 0.15) is 0 Å². The van der Waals surface area contributed by atoms with Crippen LogP contribution < -0.4 is 0 Å². The second kappa shape index (κ2) is 7.24. The maximum Gasteiger partial charge on any atom is 0.181 e. The van der Waals surface area contributed by atoms with Crippen LogP contribution >= 0.6 is 0 Å². The van der Waals surface area contributed by atoms with Gasteiger partial charge in [-0.3, -0.25) is 0 Å². The first kappa shape index (κ1) is 15.5. The molecule has 1 aliphatic carbocycles. The molecule has 1 N–H and O–H groups in total. The van der Waals surface area contributed by atoms with Gasteiger partial charge in [0.25, 0.3) is 0 Å². The van der Waals surface area contributed by atoms with Crippen molar-refractivity contribution in [2.75, 3.05) is 6.61 Å². The fraction of sp³-hybridized carbons (Fsp3) is 0.667. The number of benzene rings is 1. The van der Waals surface area contributed by atoms with Crippen molar-refractivity contribution in [1.82, 2.24) is 0 Å². The van der Waals surface area contributed by atoms with Crippen molar-refractivity contribution in [3.8, 4) is 0 Å². The molecule has 1 fully saturated rings. The van der Waals surface area contributed by atoms with Gasteiger partial charge in [-0.2, -0.15) is 0 Å². The summed E-state index contributed by atoms with van der Waals surface area (Å²) in [7, 11) is 0. The molecule has 20 heavy (non-hydrogen) atoms. The number of aliphatic hydroxyl groups excluding tert-OH is 1. The lowest BCUT2D eigenvalue weighted by Crippen LogP contribution is -2.33. The number of hydrogen-bond donors (Lipinski definition) is 1. The largest absolute Gasteiger partial charge is 0.364 e. The molecule has 2 rings (SSSR count). The lowest BCUT2D eigenvalue weighted by molar-refractivity contribution is -0.139. The third kappa shape index (κ3) is 4.07. The summed E-state index contributed by atoms with van der Waals surface area (Å²) in [5.41, 5.74) is 1.13. The second-order valence-electron chi connectivity index (χ2n) is 6.53. The highest BCUT2D eigenvalue weighted by Crippen LogP contribution is 2.43. The predicted octanol–water partition coefficient (Wildman–Crippen LogP) is 4.69. The van der Waals surface area contributed by atoms with Crippen molar-refractivity contribution < 1.29 is 9.84 Å². The Morgan fingerprint density at radius 2 is 2.10 bits per heavy atom. The lowest BCUT2D eigenvalue weighted by Gasteiger charge is -2.40. The summed E-state index contributed by atoms with van der Waals surface area (Å²) in [5, 5.41) is 10.2. The Balaban J connectivity index is 1.95. The van der Waals surface area contributed by atoms with E-state index in [1.54, 1.807) is 0 Å². The summed E-state index contributed by atoms with van der Waals surface area (Å²) in [6.07, 6.45) is 6.73. The SMILES string of the molecule is CCCC1(COC(O)c2ccccc2)CCC[C@@H](C)C1. The number of aliphatic hydroxyl groups is 1. The average molecular weight is 276 g/mol. The molecule has 2 unspecified atom stereocenters. The zero-order valence-electron chi connectivity index (χ0n) is 12.8. The van der Waals surface area contributed by atoms with Crippen LogP contribution in [0.15, 0.2) is 30.3 Å². The van der Waals surface area contributed by atoms with E-state index in [0.29, 0.717) is 6.61 Å². The Hall–Kier alpha value is -0.860. The molecule has 0 aromatic heterocycles. The van der Waals surface area contributed by atoms with Gasteiger partial charge >= 0.3 is 0 Å². The van der Waals surface area contributed by atoms with E-state index in [1.165, 1.54) is 38.5 Å². The topological polar surface area (TPSA) is 29.5 Å². The van der Waals surface area contributed by atoms with E-state index in [-0.39, 0.29) is 5.41 Å². The Morgan fingerprint density at radius 3 is 2.75 bits per heavy atom. The third-order valence-corrected chi connectivity index (χ3v) is 4.60. The molecule has 0 spiro atoms. The fourth-order valence-corrected chi connectivity index (χ4v) is 3.70. The first-order valence-corrected chi connectivity index (χ1v) is 8.00. The van der Waals surface area contributed by atoms with Crippen LogP contribution in [0.3, 0.4) is 0 Å². The molecule has 0 saturated heterocycles. The van der Waals surface area contributed by atoms with Crippen LogP contribution in [0.5, 0.6) is 0 Å². The molecule has 0 bridgehead atoms. The molecular weight excluding hydrogens is 248 g/mol. The molecule has 2 nitrogen and oxygen atoms in total. The number of hydrogen-bond acceptors (Lipinski definition) is 2. The van der Waals surface area contributed by atoms with Gasteiger partial charge in [0, 0.05) is 5.56 Å². The standard InChI is InChI=1S/C18H28O2/c1-3-11-18(12-7-8-15(2)13-18)14-20-17(19)16-9-5-4-6-10-16/h4-6,9-10,15,17,19H,3,7-8,11-14H2,1-2H3/t15-,17?,18?/m1/s1. The summed E-state index contributed by atoms with van der Waals surface area (Å²) in [5.74, 6) is 0.785. The van der Waals surface area contributed by atoms with E-state index in [4.69, 9.17) is 4.74 Å². The number of rotatable bonds is 6. The van der Waals surface area contributed by atoms with Gasteiger partial charge in [0.15, 0.2) is 6.29 Å². The van der Waals surface area contributed by atoms with E-state index in [0.717, 1.165) is 11.5 Å². The van der Waals surface area contributed by atoms with Crippen molar-refractivity contribution >= 4 is 0 Å². The van der Waals surface area contributed by atoms with Crippen LogP contribution in [-0.4, -0.2) is 11.7 Å². The molecule has 0 radical (unpaired) electrons. The fourth-order valence-electron chi connectivity index (χ4n) is 3.70. The Morgan fingerprint density at radius 1 is 1.35 bits per heavy atom. The molecule has 0 aliphatic heterocycles. The van der Waals surface area contributed by atoms with Crippen molar-refractivity contribution in [3.05, 3.63) is 35.9 Å². The van der Waals surface area contributed by atoms with E-state index in [9.17, 15) is 5.11 Å². The van der Waals surface area contributed by atoms with Gasteiger partial charge in [-0.15, -0.1) is 0 Å². The number of ether oxygens (including phenoxy) is 1.